The van der Waals surface area contributed by atoms with Crippen molar-refractivity contribution in [2.24, 2.45) is 11.7 Å². The smallest absolute Gasteiger partial charge is 0.252 e. The van der Waals surface area contributed by atoms with Crippen LogP contribution in [0.1, 0.15) is 33.7 Å². The Bertz CT molecular complexity index is 662. The molecule has 22 heavy (non-hydrogen) atoms. The summed E-state index contributed by atoms with van der Waals surface area (Å²) in [7, 11) is 0. The van der Waals surface area contributed by atoms with Gasteiger partial charge in [-0.3, -0.25) is 14.5 Å². The zero-order chi connectivity index (χ0) is 15.5. The van der Waals surface area contributed by atoms with Crippen LogP contribution in [0.3, 0.4) is 0 Å². The number of primary amides is 1. The van der Waals surface area contributed by atoms with Crippen LogP contribution in [-0.2, 0) is 19.5 Å². The van der Waals surface area contributed by atoms with E-state index in [1.807, 2.05) is 23.9 Å². The molecule has 3 N–H and O–H groups in total. The maximum Gasteiger partial charge on any atom is 0.252 e. The lowest BCUT2D eigenvalue weighted by Gasteiger charge is -2.24. The first-order valence-corrected chi connectivity index (χ1v) is 7.60. The molecule has 6 nitrogen and oxygen atoms in total. The Hall–Kier alpha value is -2.21. The van der Waals surface area contributed by atoms with Gasteiger partial charge in [0.15, 0.2) is 0 Å². The Labute approximate surface area is 129 Å². The molecule has 0 spiro atoms. The summed E-state index contributed by atoms with van der Waals surface area (Å²) in [5.41, 5.74) is 9.15. The number of rotatable bonds is 5. The standard InChI is InChI=1S/C16H21N5O/c1-11-2-3-13(19-7-11)9-18-8-12-4-5-21-15(6-12)14(10-20-21)16(17)22/h2-3,7,10,12,18H,4-6,8-9H2,1H3,(H2,17,22). The summed E-state index contributed by atoms with van der Waals surface area (Å²) >= 11 is 0. The molecule has 0 aliphatic carbocycles. The lowest BCUT2D eigenvalue weighted by Crippen LogP contribution is -2.30. The van der Waals surface area contributed by atoms with Gasteiger partial charge in [0, 0.05) is 19.3 Å². The summed E-state index contributed by atoms with van der Waals surface area (Å²) in [5, 5.41) is 7.69. The Kier molecular flexibility index (Phi) is 4.20. The van der Waals surface area contributed by atoms with Crippen LogP contribution >= 0.6 is 0 Å². The van der Waals surface area contributed by atoms with E-state index in [1.165, 1.54) is 5.56 Å². The van der Waals surface area contributed by atoms with Crippen molar-refractivity contribution < 1.29 is 4.79 Å². The molecule has 1 aliphatic heterocycles. The number of amides is 1. The highest BCUT2D eigenvalue weighted by atomic mass is 16.1. The monoisotopic (exact) mass is 299 g/mol. The zero-order valence-corrected chi connectivity index (χ0v) is 12.7. The molecule has 0 aromatic carbocycles. The Morgan fingerprint density at radius 2 is 2.32 bits per heavy atom. The zero-order valence-electron chi connectivity index (χ0n) is 12.7. The van der Waals surface area contributed by atoms with Crippen molar-refractivity contribution in [2.75, 3.05) is 6.54 Å². The van der Waals surface area contributed by atoms with Gasteiger partial charge in [-0.25, -0.2) is 0 Å². The van der Waals surface area contributed by atoms with E-state index in [2.05, 4.69) is 21.5 Å². The van der Waals surface area contributed by atoms with Crippen molar-refractivity contribution >= 4 is 5.91 Å². The van der Waals surface area contributed by atoms with Gasteiger partial charge < -0.3 is 11.1 Å². The van der Waals surface area contributed by atoms with E-state index in [1.54, 1.807) is 6.20 Å². The molecule has 0 bridgehead atoms. The number of fused-ring (bicyclic) bond motifs is 1. The third-order valence-corrected chi connectivity index (χ3v) is 4.16. The number of pyridine rings is 1. The second-order valence-electron chi connectivity index (χ2n) is 5.91. The fraction of sp³-hybridized carbons (Fsp3) is 0.438. The molecule has 3 heterocycles. The molecule has 2 aromatic heterocycles. The number of aromatic nitrogens is 3. The molecular formula is C16H21N5O. The topological polar surface area (TPSA) is 85.8 Å². The van der Waals surface area contributed by atoms with E-state index in [4.69, 9.17) is 5.73 Å². The number of nitrogens with two attached hydrogens (primary N) is 1. The normalized spacial score (nSPS) is 17.2. The van der Waals surface area contributed by atoms with Crippen LogP contribution in [0.25, 0.3) is 0 Å². The maximum atomic E-state index is 11.4. The van der Waals surface area contributed by atoms with Crippen molar-refractivity contribution in [3.8, 4) is 0 Å². The van der Waals surface area contributed by atoms with Gasteiger partial charge in [0.25, 0.3) is 5.91 Å². The summed E-state index contributed by atoms with van der Waals surface area (Å²) in [6.07, 6.45) is 5.37. The summed E-state index contributed by atoms with van der Waals surface area (Å²) in [4.78, 5) is 15.8. The van der Waals surface area contributed by atoms with Gasteiger partial charge in [0.2, 0.25) is 0 Å². The van der Waals surface area contributed by atoms with Gasteiger partial charge in [-0.1, -0.05) is 6.07 Å². The Morgan fingerprint density at radius 1 is 1.45 bits per heavy atom. The van der Waals surface area contributed by atoms with E-state index in [0.717, 1.165) is 43.9 Å². The molecule has 0 radical (unpaired) electrons. The van der Waals surface area contributed by atoms with Crippen molar-refractivity contribution in [1.82, 2.24) is 20.1 Å². The predicted octanol–water partition coefficient (Wildman–Crippen LogP) is 1.04. The molecule has 1 aliphatic rings. The molecule has 0 fully saturated rings. The van der Waals surface area contributed by atoms with Crippen LogP contribution in [-0.4, -0.2) is 27.2 Å². The third kappa shape index (κ3) is 3.17. The number of nitrogens with zero attached hydrogens (tertiary/aromatic N) is 3. The lowest BCUT2D eigenvalue weighted by atomic mass is 9.94. The Morgan fingerprint density at radius 3 is 3.05 bits per heavy atom. The van der Waals surface area contributed by atoms with Crippen molar-refractivity contribution in [3.05, 3.63) is 47.0 Å². The first kappa shape index (κ1) is 14.7. The highest BCUT2D eigenvalue weighted by Gasteiger charge is 2.23. The van der Waals surface area contributed by atoms with Crippen LogP contribution < -0.4 is 11.1 Å². The molecular weight excluding hydrogens is 278 g/mol. The van der Waals surface area contributed by atoms with Crippen molar-refractivity contribution in [1.29, 1.82) is 0 Å². The quantitative estimate of drug-likeness (QED) is 0.863. The van der Waals surface area contributed by atoms with Crippen LogP contribution in [0.15, 0.2) is 24.5 Å². The summed E-state index contributed by atoms with van der Waals surface area (Å²) in [6, 6.07) is 4.12. The fourth-order valence-electron chi connectivity index (χ4n) is 2.89. The van der Waals surface area contributed by atoms with Gasteiger partial charge >= 0.3 is 0 Å². The Balaban J connectivity index is 1.55. The van der Waals surface area contributed by atoms with Crippen LogP contribution in [0.2, 0.25) is 0 Å². The summed E-state index contributed by atoms with van der Waals surface area (Å²) in [6.45, 7) is 4.54. The van der Waals surface area contributed by atoms with E-state index < -0.39 is 5.91 Å². The third-order valence-electron chi connectivity index (χ3n) is 4.16. The first-order chi connectivity index (χ1) is 10.6. The number of carbonyl (C=O) groups excluding carboxylic acids is 1. The SMILES string of the molecule is Cc1ccc(CNCC2CCn3ncc(C(N)=O)c3C2)nc1. The minimum absolute atomic E-state index is 0.390. The molecule has 0 saturated carbocycles. The van der Waals surface area contributed by atoms with Crippen molar-refractivity contribution in [3.63, 3.8) is 0 Å². The summed E-state index contributed by atoms with van der Waals surface area (Å²) in [5.74, 6) is 0.103. The average Bonchev–Trinajstić information content (AvgIpc) is 2.92. The van der Waals surface area contributed by atoms with Crippen LogP contribution in [0.4, 0.5) is 0 Å². The number of hydrogen-bond acceptors (Lipinski definition) is 4. The van der Waals surface area contributed by atoms with Gasteiger partial charge in [-0.05, 0) is 43.9 Å². The average molecular weight is 299 g/mol. The molecule has 3 rings (SSSR count). The largest absolute Gasteiger partial charge is 0.365 e. The van der Waals surface area contributed by atoms with Gasteiger partial charge in [0.05, 0.1) is 23.1 Å². The molecule has 116 valence electrons. The van der Waals surface area contributed by atoms with Gasteiger partial charge in [0.1, 0.15) is 0 Å². The number of nitrogens with one attached hydrogen (secondary N) is 1. The van der Waals surface area contributed by atoms with Crippen LogP contribution in [0, 0.1) is 12.8 Å². The second kappa shape index (κ2) is 6.27. The molecule has 6 heteroatoms. The first-order valence-electron chi connectivity index (χ1n) is 7.60. The van der Waals surface area contributed by atoms with Crippen molar-refractivity contribution in [2.45, 2.75) is 32.9 Å². The molecule has 1 atom stereocenters. The van der Waals surface area contributed by atoms with E-state index >= 15 is 0 Å². The maximum absolute atomic E-state index is 11.4. The molecule has 0 saturated heterocycles. The number of hydrogen-bond donors (Lipinski definition) is 2. The molecule has 2 aromatic rings. The number of carbonyl (C=O) groups is 1. The minimum atomic E-state index is -0.390. The number of aryl methyl sites for hydroxylation is 2. The highest BCUT2D eigenvalue weighted by molar-refractivity contribution is 5.93. The molecule has 1 amide bonds. The van der Waals surface area contributed by atoms with Gasteiger partial charge in [-0.15, -0.1) is 0 Å². The van der Waals surface area contributed by atoms with Crippen LogP contribution in [0.5, 0.6) is 0 Å². The van der Waals surface area contributed by atoms with E-state index in [9.17, 15) is 4.79 Å². The van der Waals surface area contributed by atoms with Gasteiger partial charge in [-0.2, -0.15) is 5.10 Å². The second-order valence-corrected chi connectivity index (χ2v) is 5.91. The fourth-order valence-corrected chi connectivity index (χ4v) is 2.89. The summed E-state index contributed by atoms with van der Waals surface area (Å²) < 4.78 is 1.90. The lowest BCUT2D eigenvalue weighted by molar-refractivity contribution is 0.0998. The molecule has 1 unspecified atom stereocenters. The predicted molar refractivity (Wildman–Crippen MR) is 83.2 cm³/mol. The minimum Gasteiger partial charge on any atom is -0.365 e. The highest BCUT2D eigenvalue weighted by Crippen LogP contribution is 2.22. The van der Waals surface area contributed by atoms with E-state index in [-0.39, 0.29) is 0 Å². The van der Waals surface area contributed by atoms with E-state index in [0.29, 0.717) is 11.5 Å².